The molecule has 2 N–H and O–H groups in total. The van der Waals surface area contributed by atoms with Crippen LogP contribution < -0.4 is 5.32 Å². The summed E-state index contributed by atoms with van der Waals surface area (Å²) in [7, 11) is 3.62. The van der Waals surface area contributed by atoms with Crippen molar-refractivity contribution >= 4 is 5.96 Å². The van der Waals surface area contributed by atoms with Gasteiger partial charge >= 0.3 is 0 Å². The highest BCUT2D eigenvalue weighted by Gasteiger charge is 2.18. The molecule has 1 aromatic rings. The second kappa shape index (κ2) is 6.39. The number of aromatic nitrogens is 1. The van der Waals surface area contributed by atoms with Gasteiger partial charge in [-0.1, -0.05) is 12.1 Å². The molecular formula is C12H22N4O2. The van der Waals surface area contributed by atoms with E-state index in [2.05, 4.69) is 15.5 Å². The number of guanidine groups is 1. The van der Waals surface area contributed by atoms with Gasteiger partial charge in [0.1, 0.15) is 12.0 Å². The lowest BCUT2D eigenvalue weighted by molar-refractivity contribution is 0.0598. The molecule has 0 saturated carbocycles. The fourth-order valence-corrected chi connectivity index (χ4v) is 1.42. The van der Waals surface area contributed by atoms with Gasteiger partial charge in [0.25, 0.3) is 0 Å². The first kappa shape index (κ1) is 14.5. The average Bonchev–Trinajstić information content (AvgIpc) is 2.82. The van der Waals surface area contributed by atoms with Gasteiger partial charge in [-0.2, -0.15) is 0 Å². The maximum atomic E-state index is 9.94. The second-order valence-electron chi connectivity index (χ2n) is 4.60. The molecule has 0 aliphatic rings. The Balaban J connectivity index is 2.51. The van der Waals surface area contributed by atoms with Crippen LogP contribution in [0.1, 0.15) is 26.0 Å². The standard InChI is InChI=1S/C12H22N4O2/c1-5-12(2,17)9-14-11(13-3)16(4)8-10-6-7-18-15-10/h6-7,17H,5,8-9H2,1-4H3,(H,13,14). The van der Waals surface area contributed by atoms with Gasteiger partial charge in [0, 0.05) is 26.7 Å². The lowest BCUT2D eigenvalue weighted by Gasteiger charge is -2.26. The summed E-state index contributed by atoms with van der Waals surface area (Å²) < 4.78 is 4.78. The summed E-state index contributed by atoms with van der Waals surface area (Å²) in [5.74, 6) is 0.715. The van der Waals surface area contributed by atoms with Crippen LogP contribution in [-0.2, 0) is 6.54 Å². The van der Waals surface area contributed by atoms with Crippen LogP contribution in [0.5, 0.6) is 0 Å². The van der Waals surface area contributed by atoms with Gasteiger partial charge in [-0.15, -0.1) is 0 Å². The van der Waals surface area contributed by atoms with E-state index in [4.69, 9.17) is 4.52 Å². The van der Waals surface area contributed by atoms with E-state index in [-0.39, 0.29) is 0 Å². The van der Waals surface area contributed by atoms with Crippen LogP contribution in [0.4, 0.5) is 0 Å². The predicted molar refractivity (Wildman–Crippen MR) is 70.2 cm³/mol. The quantitative estimate of drug-likeness (QED) is 0.602. The van der Waals surface area contributed by atoms with E-state index in [1.807, 2.05) is 24.9 Å². The summed E-state index contributed by atoms with van der Waals surface area (Å²) in [6.07, 6.45) is 2.23. The van der Waals surface area contributed by atoms with Crippen LogP contribution in [0.25, 0.3) is 0 Å². The number of rotatable bonds is 5. The zero-order valence-corrected chi connectivity index (χ0v) is 11.5. The van der Waals surface area contributed by atoms with E-state index >= 15 is 0 Å². The number of hydrogen-bond donors (Lipinski definition) is 2. The van der Waals surface area contributed by atoms with Crippen molar-refractivity contribution in [3.8, 4) is 0 Å². The average molecular weight is 254 g/mol. The molecule has 102 valence electrons. The third-order valence-corrected chi connectivity index (χ3v) is 2.85. The van der Waals surface area contributed by atoms with Gasteiger partial charge in [-0.05, 0) is 13.3 Å². The summed E-state index contributed by atoms with van der Waals surface area (Å²) in [4.78, 5) is 6.09. The first-order chi connectivity index (χ1) is 8.48. The summed E-state index contributed by atoms with van der Waals surface area (Å²) in [5, 5.41) is 16.9. The van der Waals surface area contributed by atoms with Crippen molar-refractivity contribution in [2.75, 3.05) is 20.6 Å². The van der Waals surface area contributed by atoms with E-state index in [1.165, 1.54) is 0 Å². The van der Waals surface area contributed by atoms with Crippen LogP contribution in [0.3, 0.4) is 0 Å². The number of aliphatic hydroxyl groups is 1. The van der Waals surface area contributed by atoms with Crippen LogP contribution >= 0.6 is 0 Å². The molecule has 0 radical (unpaired) electrons. The minimum atomic E-state index is -0.731. The van der Waals surface area contributed by atoms with E-state index in [0.717, 1.165) is 5.69 Å². The molecule has 0 spiro atoms. The van der Waals surface area contributed by atoms with Crippen LogP contribution in [0.15, 0.2) is 21.8 Å². The van der Waals surface area contributed by atoms with Gasteiger partial charge in [0.05, 0.1) is 12.1 Å². The Bertz CT molecular complexity index is 373. The number of nitrogens with zero attached hydrogens (tertiary/aromatic N) is 3. The van der Waals surface area contributed by atoms with Crippen LogP contribution in [0.2, 0.25) is 0 Å². The molecule has 1 heterocycles. The number of aliphatic imine (C=N–C) groups is 1. The molecule has 0 fully saturated rings. The minimum absolute atomic E-state index is 0.458. The highest BCUT2D eigenvalue weighted by atomic mass is 16.5. The zero-order valence-electron chi connectivity index (χ0n) is 11.5. The van der Waals surface area contributed by atoms with Crippen molar-refractivity contribution in [2.24, 2.45) is 4.99 Å². The molecule has 1 atom stereocenters. The summed E-state index contributed by atoms with van der Waals surface area (Å²) in [6, 6.07) is 1.81. The van der Waals surface area contributed by atoms with Crippen LogP contribution in [0, 0.1) is 0 Å². The largest absolute Gasteiger partial charge is 0.388 e. The van der Waals surface area contributed by atoms with Crippen molar-refractivity contribution in [3.63, 3.8) is 0 Å². The Labute approximate surface area is 108 Å². The molecule has 0 bridgehead atoms. The fourth-order valence-electron chi connectivity index (χ4n) is 1.42. The Morgan fingerprint density at radius 3 is 2.89 bits per heavy atom. The SMILES string of the molecule is CCC(C)(O)CNC(=NC)N(C)Cc1ccon1. The van der Waals surface area contributed by atoms with Gasteiger partial charge in [0.2, 0.25) is 0 Å². The van der Waals surface area contributed by atoms with Gasteiger partial charge in [-0.25, -0.2) is 0 Å². The van der Waals surface area contributed by atoms with E-state index < -0.39 is 5.60 Å². The van der Waals surface area contributed by atoms with E-state index in [0.29, 0.717) is 25.5 Å². The smallest absolute Gasteiger partial charge is 0.193 e. The molecule has 1 aromatic heterocycles. The van der Waals surface area contributed by atoms with Crippen molar-refractivity contribution < 1.29 is 9.63 Å². The van der Waals surface area contributed by atoms with Gasteiger partial charge in [0.15, 0.2) is 5.96 Å². The maximum absolute atomic E-state index is 9.94. The van der Waals surface area contributed by atoms with Crippen molar-refractivity contribution in [2.45, 2.75) is 32.4 Å². The summed E-state index contributed by atoms with van der Waals surface area (Å²) >= 11 is 0. The molecule has 0 aromatic carbocycles. The minimum Gasteiger partial charge on any atom is -0.388 e. The molecule has 0 aliphatic heterocycles. The Hall–Kier alpha value is -1.56. The lowest BCUT2D eigenvalue weighted by atomic mass is 10.0. The monoisotopic (exact) mass is 254 g/mol. The highest BCUT2D eigenvalue weighted by Crippen LogP contribution is 2.06. The third-order valence-electron chi connectivity index (χ3n) is 2.85. The second-order valence-corrected chi connectivity index (χ2v) is 4.60. The molecule has 6 heteroatoms. The highest BCUT2D eigenvalue weighted by molar-refractivity contribution is 5.79. The van der Waals surface area contributed by atoms with Gasteiger partial charge < -0.3 is 19.8 Å². The van der Waals surface area contributed by atoms with E-state index in [1.54, 1.807) is 20.2 Å². The maximum Gasteiger partial charge on any atom is 0.193 e. The molecule has 18 heavy (non-hydrogen) atoms. The number of hydrogen-bond acceptors (Lipinski definition) is 4. The fraction of sp³-hybridized carbons (Fsp3) is 0.667. The first-order valence-electron chi connectivity index (χ1n) is 6.02. The third kappa shape index (κ3) is 4.37. The molecule has 6 nitrogen and oxygen atoms in total. The Kier molecular flexibility index (Phi) is 5.15. The summed E-state index contributed by atoms with van der Waals surface area (Å²) in [6.45, 7) is 4.80. The molecule has 0 saturated heterocycles. The van der Waals surface area contributed by atoms with Crippen molar-refractivity contribution in [1.29, 1.82) is 0 Å². The van der Waals surface area contributed by atoms with E-state index in [9.17, 15) is 5.11 Å². The first-order valence-corrected chi connectivity index (χ1v) is 6.02. The molecular weight excluding hydrogens is 232 g/mol. The Morgan fingerprint density at radius 1 is 1.67 bits per heavy atom. The molecule has 1 unspecified atom stereocenters. The topological polar surface area (TPSA) is 73.9 Å². The Morgan fingerprint density at radius 2 is 2.39 bits per heavy atom. The van der Waals surface area contributed by atoms with Crippen molar-refractivity contribution in [1.82, 2.24) is 15.4 Å². The molecule has 0 aliphatic carbocycles. The predicted octanol–water partition coefficient (Wildman–Crippen LogP) is 0.843. The summed E-state index contributed by atoms with van der Waals surface area (Å²) in [5.41, 5.74) is 0.104. The molecule has 0 amide bonds. The molecule has 1 rings (SSSR count). The lowest BCUT2D eigenvalue weighted by Crippen LogP contribution is -2.45. The van der Waals surface area contributed by atoms with Gasteiger partial charge in [-0.3, -0.25) is 4.99 Å². The normalized spacial score (nSPS) is 15.3. The van der Waals surface area contributed by atoms with Crippen molar-refractivity contribution in [3.05, 3.63) is 18.0 Å². The van der Waals surface area contributed by atoms with Crippen LogP contribution in [-0.4, -0.2) is 47.4 Å². The number of nitrogens with one attached hydrogen (secondary N) is 1. The zero-order chi connectivity index (χ0) is 13.6.